The van der Waals surface area contributed by atoms with Gasteiger partial charge in [-0.3, -0.25) is 9.59 Å². The smallest absolute Gasteiger partial charge is 0.326 e. The molecule has 0 aliphatic heterocycles. The van der Waals surface area contributed by atoms with Gasteiger partial charge in [0.2, 0.25) is 11.8 Å². The summed E-state index contributed by atoms with van der Waals surface area (Å²) in [6.07, 6.45) is 4.70. The normalized spacial score (nSPS) is 19.1. The van der Waals surface area contributed by atoms with E-state index in [1.54, 1.807) is 0 Å². The lowest BCUT2D eigenvalue weighted by Gasteiger charge is -2.33. The first-order chi connectivity index (χ1) is 9.32. The molecule has 114 valence electrons. The molecular formula is C13H23N3O4. The van der Waals surface area contributed by atoms with Crippen LogP contribution in [-0.2, 0) is 14.4 Å². The van der Waals surface area contributed by atoms with E-state index in [1.807, 2.05) is 0 Å². The van der Waals surface area contributed by atoms with E-state index in [2.05, 4.69) is 5.32 Å². The summed E-state index contributed by atoms with van der Waals surface area (Å²) in [5, 5.41) is 11.4. The number of carbonyl (C=O) groups is 3. The summed E-state index contributed by atoms with van der Waals surface area (Å²) in [5.74, 6) is -2.14. The van der Waals surface area contributed by atoms with Crippen molar-refractivity contribution in [1.82, 2.24) is 5.32 Å². The van der Waals surface area contributed by atoms with Crippen LogP contribution < -0.4 is 16.8 Å². The minimum atomic E-state index is -1.17. The Kier molecular flexibility index (Phi) is 5.94. The minimum Gasteiger partial charge on any atom is -0.480 e. The third-order valence-corrected chi connectivity index (χ3v) is 3.67. The maximum Gasteiger partial charge on any atom is 0.326 e. The van der Waals surface area contributed by atoms with E-state index in [0.717, 1.165) is 32.1 Å². The summed E-state index contributed by atoms with van der Waals surface area (Å²) in [5.41, 5.74) is 10.6. The lowest BCUT2D eigenvalue weighted by atomic mass is 9.80. The van der Waals surface area contributed by atoms with E-state index in [1.165, 1.54) is 0 Å². The molecule has 1 aliphatic rings. The Balaban J connectivity index is 2.48. The highest BCUT2D eigenvalue weighted by Gasteiger charge is 2.31. The highest BCUT2D eigenvalue weighted by atomic mass is 16.4. The average Bonchev–Trinajstić information content (AvgIpc) is 2.34. The van der Waals surface area contributed by atoms with E-state index in [9.17, 15) is 14.4 Å². The molecule has 20 heavy (non-hydrogen) atoms. The summed E-state index contributed by atoms with van der Waals surface area (Å²) in [4.78, 5) is 33.6. The molecule has 1 aliphatic carbocycles. The molecule has 0 aromatic rings. The van der Waals surface area contributed by atoms with Gasteiger partial charge in [0, 0.05) is 18.4 Å². The molecule has 1 fully saturated rings. The molecule has 6 N–H and O–H groups in total. The van der Waals surface area contributed by atoms with Gasteiger partial charge in [0.1, 0.15) is 6.04 Å². The van der Waals surface area contributed by atoms with Crippen LogP contribution in [0.25, 0.3) is 0 Å². The molecule has 0 radical (unpaired) electrons. The number of primary amides is 1. The first-order valence-corrected chi connectivity index (χ1v) is 6.92. The first-order valence-electron chi connectivity index (χ1n) is 6.92. The van der Waals surface area contributed by atoms with Crippen LogP contribution in [0.4, 0.5) is 0 Å². The topological polar surface area (TPSA) is 136 Å². The zero-order chi connectivity index (χ0) is 15.2. The van der Waals surface area contributed by atoms with Gasteiger partial charge < -0.3 is 21.9 Å². The van der Waals surface area contributed by atoms with Crippen LogP contribution in [0.1, 0.15) is 51.4 Å². The minimum absolute atomic E-state index is 0.00597. The van der Waals surface area contributed by atoms with Crippen LogP contribution in [-0.4, -0.2) is 34.5 Å². The van der Waals surface area contributed by atoms with E-state index in [-0.39, 0.29) is 25.2 Å². The molecule has 0 saturated heterocycles. The number of hydrogen-bond donors (Lipinski definition) is 4. The second-order valence-corrected chi connectivity index (χ2v) is 5.56. The first kappa shape index (κ1) is 16.4. The fourth-order valence-corrected chi connectivity index (χ4v) is 2.54. The Hall–Kier alpha value is -1.63. The monoisotopic (exact) mass is 285 g/mol. The summed E-state index contributed by atoms with van der Waals surface area (Å²) >= 11 is 0. The predicted molar refractivity (Wildman–Crippen MR) is 72.6 cm³/mol. The number of carboxylic acid groups (broad SMARTS) is 1. The molecule has 0 bridgehead atoms. The highest BCUT2D eigenvalue weighted by molar-refractivity contribution is 5.84. The number of nitrogens with one attached hydrogen (secondary N) is 1. The van der Waals surface area contributed by atoms with Crippen LogP contribution >= 0.6 is 0 Å². The quantitative estimate of drug-likeness (QED) is 0.516. The molecule has 0 heterocycles. The van der Waals surface area contributed by atoms with Crippen LogP contribution in [0.5, 0.6) is 0 Å². The van der Waals surface area contributed by atoms with Crippen molar-refractivity contribution in [2.24, 2.45) is 11.5 Å². The number of aliphatic carboxylic acids is 1. The lowest BCUT2D eigenvalue weighted by Crippen LogP contribution is -2.49. The van der Waals surface area contributed by atoms with Gasteiger partial charge in [0.15, 0.2) is 0 Å². The van der Waals surface area contributed by atoms with Gasteiger partial charge in [-0.15, -0.1) is 0 Å². The van der Waals surface area contributed by atoms with Crippen molar-refractivity contribution in [3.8, 4) is 0 Å². The van der Waals surface area contributed by atoms with Crippen molar-refractivity contribution in [2.45, 2.75) is 62.9 Å². The van der Waals surface area contributed by atoms with E-state index in [4.69, 9.17) is 16.6 Å². The summed E-state index contributed by atoms with van der Waals surface area (Å²) in [7, 11) is 0. The molecule has 0 aromatic carbocycles. The maximum atomic E-state index is 11.9. The number of rotatable bonds is 7. The third-order valence-electron chi connectivity index (χ3n) is 3.67. The van der Waals surface area contributed by atoms with Gasteiger partial charge in [-0.1, -0.05) is 19.3 Å². The molecule has 7 nitrogen and oxygen atoms in total. The fraction of sp³-hybridized carbons (Fsp3) is 0.769. The van der Waals surface area contributed by atoms with Crippen molar-refractivity contribution in [1.29, 1.82) is 0 Å². The second-order valence-electron chi connectivity index (χ2n) is 5.56. The summed E-state index contributed by atoms with van der Waals surface area (Å²) in [6.45, 7) is 0. The number of hydrogen-bond acceptors (Lipinski definition) is 4. The Morgan fingerprint density at radius 1 is 1.20 bits per heavy atom. The Morgan fingerprint density at radius 3 is 2.30 bits per heavy atom. The SMILES string of the molecule is NC(=O)CC[C@@H](NC(=O)CC1(N)CCCCC1)C(=O)O. The fourth-order valence-electron chi connectivity index (χ4n) is 2.54. The molecule has 1 rings (SSSR count). The van der Waals surface area contributed by atoms with Crippen molar-refractivity contribution < 1.29 is 19.5 Å². The second kappa shape index (κ2) is 7.23. The van der Waals surface area contributed by atoms with Crippen LogP contribution in [0.2, 0.25) is 0 Å². The van der Waals surface area contributed by atoms with Crippen LogP contribution in [0, 0.1) is 0 Å². The molecule has 1 saturated carbocycles. The Labute approximate surface area is 118 Å². The molecule has 0 aromatic heterocycles. The molecule has 0 unspecified atom stereocenters. The van der Waals surface area contributed by atoms with E-state index < -0.39 is 23.5 Å². The van der Waals surface area contributed by atoms with Crippen molar-refractivity contribution in [3.05, 3.63) is 0 Å². The van der Waals surface area contributed by atoms with Crippen LogP contribution in [0.3, 0.4) is 0 Å². The van der Waals surface area contributed by atoms with Crippen molar-refractivity contribution >= 4 is 17.8 Å². The molecule has 1 atom stereocenters. The number of carboxylic acids is 1. The maximum absolute atomic E-state index is 11.9. The zero-order valence-corrected chi connectivity index (χ0v) is 11.6. The van der Waals surface area contributed by atoms with Gasteiger partial charge in [-0.2, -0.15) is 0 Å². The van der Waals surface area contributed by atoms with Gasteiger partial charge in [-0.25, -0.2) is 4.79 Å². The summed E-state index contributed by atoms with van der Waals surface area (Å²) < 4.78 is 0. The van der Waals surface area contributed by atoms with Gasteiger partial charge >= 0.3 is 5.97 Å². The Morgan fingerprint density at radius 2 is 1.80 bits per heavy atom. The van der Waals surface area contributed by atoms with Gasteiger partial charge in [0.05, 0.1) is 0 Å². The summed E-state index contributed by atoms with van der Waals surface area (Å²) in [6, 6.07) is -1.10. The molecule has 7 heteroatoms. The molecule has 0 spiro atoms. The predicted octanol–water partition coefficient (Wildman–Crippen LogP) is -0.127. The Bertz CT molecular complexity index is 378. The number of amides is 2. The largest absolute Gasteiger partial charge is 0.480 e. The van der Waals surface area contributed by atoms with Crippen LogP contribution in [0.15, 0.2) is 0 Å². The zero-order valence-electron chi connectivity index (χ0n) is 11.6. The number of nitrogens with two attached hydrogens (primary N) is 2. The van der Waals surface area contributed by atoms with Gasteiger partial charge in [0.25, 0.3) is 0 Å². The van der Waals surface area contributed by atoms with Crippen molar-refractivity contribution in [2.75, 3.05) is 0 Å². The third kappa shape index (κ3) is 5.56. The van der Waals surface area contributed by atoms with E-state index in [0.29, 0.717) is 0 Å². The standard InChI is InChI=1S/C13H23N3O4/c14-10(17)5-4-9(12(19)20)16-11(18)8-13(15)6-2-1-3-7-13/h9H,1-8,15H2,(H2,14,17)(H,16,18)(H,19,20)/t9-/m1/s1. The highest BCUT2D eigenvalue weighted by Crippen LogP contribution is 2.28. The van der Waals surface area contributed by atoms with Gasteiger partial charge in [-0.05, 0) is 19.3 Å². The average molecular weight is 285 g/mol. The number of carbonyl (C=O) groups excluding carboxylic acids is 2. The van der Waals surface area contributed by atoms with Crippen molar-refractivity contribution in [3.63, 3.8) is 0 Å². The molecule has 2 amide bonds. The van der Waals surface area contributed by atoms with E-state index >= 15 is 0 Å². The molecular weight excluding hydrogens is 262 g/mol. The lowest BCUT2D eigenvalue weighted by molar-refractivity contribution is -0.142.